The van der Waals surface area contributed by atoms with Gasteiger partial charge in [0.2, 0.25) is 0 Å². The van der Waals surface area contributed by atoms with Gasteiger partial charge in [-0.1, -0.05) is 17.7 Å². The Morgan fingerprint density at radius 1 is 1.39 bits per heavy atom. The molecule has 1 N–H and O–H groups in total. The van der Waals surface area contributed by atoms with E-state index in [0.717, 1.165) is 11.1 Å². The molecule has 0 radical (unpaired) electrons. The van der Waals surface area contributed by atoms with Crippen LogP contribution in [0.1, 0.15) is 22.8 Å². The minimum Gasteiger partial charge on any atom is -0.388 e. The first-order valence-electron chi connectivity index (χ1n) is 5.60. The molecular weight excluding hydrogens is 253 g/mol. The number of hydrogen-bond acceptors (Lipinski definition) is 2. The molecule has 2 rings (SSSR count). The van der Waals surface area contributed by atoms with Gasteiger partial charge in [0, 0.05) is 18.8 Å². The number of rotatable bonds is 3. The van der Waals surface area contributed by atoms with Crippen LogP contribution in [0.15, 0.2) is 36.7 Å². The molecule has 0 saturated heterocycles. The van der Waals surface area contributed by atoms with Crippen molar-refractivity contribution in [2.75, 3.05) is 0 Å². The number of aliphatic hydroxyl groups excluding tert-OH is 1. The van der Waals surface area contributed by atoms with Gasteiger partial charge >= 0.3 is 0 Å². The molecule has 1 atom stereocenters. The van der Waals surface area contributed by atoms with E-state index in [-0.39, 0.29) is 5.82 Å². The first-order chi connectivity index (χ1) is 8.58. The second-order valence-corrected chi connectivity index (χ2v) is 4.60. The quantitative estimate of drug-likeness (QED) is 0.922. The lowest BCUT2D eigenvalue weighted by Crippen LogP contribution is -2.05. The average Bonchev–Trinajstić information content (AvgIpc) is 2.35. The molecule has 0 spiro atoms. The average molecular weight is 266 g/mol. The summed E-state index contributed by atoms with van der Waals surface area (Å²) in [6, 6.07) is 6.14. The Morgan fingerprint density at radius 2 is 2.17 bits per heavy atom. The van der Waals surface area contributed by atoms with E-state index >= 15 is 0 Å². The molecule has 1 aromatic heterocycles. The molecular formula is C14H13ClFNO. The van der Waals surface area contributed by atoms with Crippen molar-refractivity contribution in [3.63, 3.8) is 0 Å². The summed E-state index contributed by atoms with van der Waals surface area (Å²) in [5.41, 5.74) is 2.24. The van der Waals surface area contributed by atoms with Gasteiger partial charge in [-0.2, -0.15) is 0 Å². The number of aromatic nitrogens is 1. The summed E-state index contributed by atoms with van der Waals surface area (Å²) in [7, 11) is 0. The van der Waals surface area contributed by atoms with Crippen molar-refractivity contribution in [1.82, 2.24) is 4.98 Å². The Balaban J connectivity index is 2.25. The van der Waals surface area contributed by atoms with E-state index in [9.17, 15) is 9.50 Å². The zero-order chi connectivity index (χ0) is 13.1. The number of nitrogens with zero attached hydrogens (tertiary/aromatic N) is 1. The van der Waals surface area contributed by atoms with Crippen LogP contribution in [0.2, 0.25) is 5.02 Å². The van der Waals surface area contributed by atoms with Crippen LogP contribution in [-0.2, 0) is 6.42 Å². The summed E-state index contributed by atoms with van der Waals surface area (Å²) in [6.07, 6.45) is 2.71. The SMILES string of the molecule is Cc1ccc(F)cc1C(O)Cc1ccncc1Cl. The molecule has 2 nitrogen and oxygen atoms in total. The summed E-state index contributed by atoms with van der Waals surface area (Å²) in [6.45, 7) is 1.84. The van der Waals surface area contributed by atoms with Crippen LogP contribution < -0.4 is 0 Å². The molecule has 2 aromatic rings. The third-order valence-corrected chi connectivity index (χ3v) is 3.21. The lowest BCUT2D eigenvalue weighted by molar-refractivity contribution is 0.177. The van der Waals surface area contributed by atoms with Gasteiger partial charge in [-0.15, -0.1) is 0 Å². The lowest BCUT2D eigenvalue weighted by atomic mass is 9.98. The predicted molar refractivity (Wildman–Crippen MR) is 69.0 cm³/mol. The van der Waals surface area contributed by atoms with Crippen LogP contribution >= 0.6 is 11.6 Å². The van der Waals surface area contributed by atoms with Crippen LogP contribution in [0.25, 0.3) is 0 Å². The minimum atomic E-state index is -0.777. The molecule has 1 heterocycles. The van der Waals surface area contributed by atoms with E-state index in [0.29, 0.717) is 17.0 Å². The molecule has 0 aliphatic heterocycles. The Bertz CT molecular complexity index is 559. The van der Waals surface area contributed by atoms with E-state index in [2.05, 4.69) is 4.98 Å². The molecule has 0 bridgehead atoms. The highest BCUT2D eigenvalue weighted by Crippen LogP contribution is 2.25. The van der Waals surface area contributed by atoms with Gasteiger partial charge in [0.1, 0.15) is 5.82 Å². The van der Waals surface area contributed by atoms with E-state index in [1.165, 1.54) is 18.3 Å². The van der Waals surface area contributed by atoms with Crippen molar-refractivity contribution in [2.45, 2.75) is 19.4 Å². The van der Waals surface area contributed by atoms with Crippen LogP contribution in [0.4, 0.5) is 4.39 Å². The van der Waals surface area contributed by atoms with Crippen LogP contribution in [0, 0.1) is 12.7 Å². The first kappa shape index (κ1) is 13.0. The van der Waals surface area contributed by atoms with E-state index in [1.807, 2.05) is 6.92 Å². The maximum Gasteiger partial charge on any atom is 0.123 e. The van der Waals surface area contributed by atoms with Gasteiger partial charge in [-0.05, 0) is 41.8 Å². The second kappa shape index (κ2) is 5.46. The molecule has 0 fully saturated rings. The normalized spacial score (nSPS) is 12.4. The molecule has 1 unspecified atom stereocenters. The maximum atomic E-state index is 13.2. The number of aryl methyl sites for hydroxylation is 1. The fourth-order valence-electron chi connectivity index (χ4n) is 1.86. The number of aliphatic hydroxyl groups is 1. The Labute approximate surface area is 110 Å². The van der Waals surface area contributed by atoms with Crippen LogP contribution in [0.3, 0.4) is 0 Å². The number of pyridine rings is 1. The third kappa shape index (κ3) is 2.86. The predicted octanol–water partition coefficient (Wildman–Crippen LogP) is 3.46. The van der Waals surface area contributed by atoms with Gasteiger partial charge in [0.05, 0.1) is 11.1 Å². The van der Waals surface area contributed by atoms with Gasteiger partial charge < -0.3 is 5.11 Å². The molecule has 94 valence electrons. The zero-order valence-electron chi connectivity index (χ0n) is 9.90. The molecule has 0 aliphatic carbocycles. The summed E-state index contributed by atoms with van der Waals surface area (Å²) in [5.74, 6) is -0.351. The van der Waals surface area contributed by atoms with Crippen molar-refractivity contribution >= 4 is 11.6 Å². The molecule has 0 amide bonds. The van der Waals surface area contributed by atoms with E-state index in [4.69, 9.17) is 11.6 Å². The fourth-order valence-corrected chi connectivity index (χ4v) is 2.05. The smallest absolute Gasteiger partial charge is 0.123 e. The lowest BCUT2D eigenvalue weighted by Gasteiger charge is -2.14. The highest BCUT2D eigenvalue weighted by molar-refractivity contribution is 6.31. The van der Waals surface area contributed by atoms with Crippen molar-refractivity contribution in [3.05, 3.63) is 64.2 Å². The van der Waals surface area contributed by atoms with E-state index < -0.39 is 6.10 Å². The topological polar surface area (TPSA) is 33.1 Å². The number of halogens is 2. The standard InChI is InChI=1S/C14H13ClFNO/c1-9-2-3-11(16)7-12(9)14(18)6-10-4-5-17-8-13(10)15/h2-5,7-8,14,18H,6H2,1H3. The summed E-state index contributed by atoms with van der Waals surface area (Å²) < 4.78 is 13.2. The van der Waals surface area contributed by atoms with E-state index in [1.54, 1.807) is 18.3 Å². The first-order valence-corrected chi connectivity index (χ1v) is 5.98. The highest BCUT2D eigenvalue weighted by atomic mass is 35.5. The Morgan fingerprint density at radius 3 is 2.89 bits per heavy atom. The fraction of sp³-hybridized carbons (Fsp3) is 0.214. The summed E-state index contributed by atoms with van der Waals surface area (Å²) >= 11 is 5.98. The monoisotopic (exact) mass is 265 g/mol. The molecule has 0 aliphatic rings. The summed E-state index contributed by atoms with van der Waals surface area (Å²) in [5, 5.41) is 10.7. The van der Waals surface area contributed by atoms with Gasteiger partial charge in [-0.3, -0.25) is 4.98 Å². The van der Waals surface area contributed by atoms with Gasteiger partial charge in [-0.25, -0.2) is 4.39 Å². The second-order valence-electron chi connectivity index (χ2n) is 4.19. The Hall–Kier alpha value is -1.45. The number of benzene rings is 1. The molecule has 0 saturated carbocycles. The largest absolute Gasteiger partial charge is 0.388 e. The van der Waals surface area contributed by atoms with Crippen molar-refractivity contribution in [1.29, 1.82) is 0 Å². The molecule has 1 aromatic carbocycles. The third-order valence-electron chi connectivity index (χ3n) is 2.87. The van der Waals surface area contributed by atoms with Gasteiger partial charge in [0.25, 0.3) is 0 Å². The van der Waals surface area contributed by atoms with Crippen LogP contribution in [-0.4, -0.2) is 10.1 Å². The van der Waals surface area contributed by atoms with Gasteiger partial charge in [0.15, 0.2) is 0 Å². The van der Waals surface area contributed by atoms with Crippen molar-refractivity contribution in [3.8, 4) is 0 Å². The molecule has 18 heavy (non-hydrogen) atoms. The van der Waals surface area contributed by atoms with Crippen molar-refractivity contribution in [2.24, 2.45) is 0 Å². The highest BCUT2D eigenvalue weighted by Gasteiger charge is 2.13. The zero-order valence-corrected chi connectivity index (χ0v) is 10.7. The molecule has 4 heteroatoms. The Kier molecular flexibility index (Phi) is 3.94. The summed E-state index contributed by atoms with van der Waals surface area (Å²) in [4.78, 5) is 3.88. The minimum absolute atomic E-state index is 0.339. The maximum absolute atomic E-state index is 13.2. The van der Waals surface area contributed by atoms with Crippen molar-refractivity contribution < 1.29 is 9.50 Å². The van der Waals surface area contributed by atoms with Crippen LogP contribution in [0.5, 0.6) is 0 Å². The number of hydrogen-bond donors (Lipinski definition) is 1.